The molecule has 2 heteroatoms. The van der Waals surface area contributed by atoms with E-state index in [0.29, 0.717) is 18.3 Å². The van der Waals surface area contributed by atoms with Gasteiger partial charge < -0.3 is 10.2 Å². The molecule has 0 fully saturated rings. The van der Waals surface area contributed by atoms with Crippen molar-refractivity contribution < 1.29 is 10.2 Å². The Morgan fingerprint density at radius 2 is 1.86 bits per heavy atom. The highest BCUT2D eigenvalue weighted by atomic mass is 16.3. The highest BCUT2D eigenvalue weighted by Crippen LogP contribution is 2.25. The second-order valence-corrected chi connectivity index (χ2v) is 7.54. The molecular weight excluding hydrogens is 272 g/mol. The zero-order valence-corrected chi connectivity index (χ0v) is 15.0. The predicted molar refractivity (Wildman–Crippen MR) is 94.7 cm³/mol. The summed E-state index contributed by atoms with van der Waals surface area (Å²) in [5.41, 5.74) is 1.67. The van der Waals surface area contributed by atoms with Crippen LogP contribution in [0.15, 0.2) is 35.5 Å². The number of aliphatic hydroxyl groups excluding tert-OH is 1. The predicted octanol–water partition coefficient (Wildman–Crippen LogP) is 4.78. The van der Waals surface area contributed by atoms with Crippen molar-refractivity contribution >= 4 is 0 Å². The molecule has 2 nitrogen and oxygen atoms in total. The van der Waals surface area contributed by atoms with Crippen molar-refractivity contribution in [3.8, 4) is 0 Å². The van der Waals surface area contributed by atoms with E-state index in [9.17, 15) is 10.2 Å². The molecule has 22 heavy (non-hydrogen) atoms. The topological polar surface area (TPSA) is 40.5 Å². The molecule has 0 spiro atoms. The summed E-state index contributed by atoms with van der Waals surface area (Å²) in [4.78, 5) is 0. The largest absolute Gasteiger partial charge is 0.389 e. The number of aliphatic hydroxyl groups is 2. The molecule has 3 atom stereocenters. The first-order valence-electron chi connectivity index (χ1n) is 8.62. The van der Waals surface area contributed by atoms with Crippen molar-refractivity contribution in [2.24, 2.45) is 11.8 Å². The van der Waals surface area contributed by atoms with Gasteiger partial charge in [0.1, 0.15) is 0 Å². The Balaban J connectivity index is 2.97. The number of allylic oxidation sites excluding steroid dienone is 4. The van der Waals surface area contributed by atoms with E-state index >= 15 is 0 Å². The van der Waals surface area contributed by atoms with Gasteiger partial charge in [-0.2, -0.15) is 0 Å². The molecule has 1 aliphatic carbocycles. The zero-order chi connectivity index (χ0) is 16.8. The molecule has 0 heterocycles. The van der Waals surface area contributed by atoms with Crippen molar-refractivity contribution in [2.75, 3.05) is 0 Å². The summed E-state index contributed by atoms with van der Waals surface area (Å²) < 4.78 is 0. The summed E-state index contributed by atoms with van der Waals surface area (Å²) in [5, 5.41) is 20.7. The van der Waals surface area contributed by atoms with Crippen LogP contribution in [0, 0.1) is 11.8 Å². The van der Waals surface area contributed by atoms with E-state index in [0.717, 1.165) is 25.7 Å². The average molecular weight is 306 g/mol. The monoisotopic (exact) mass is 306 g/mol. The third-order valence-electron chi connectivity index (χ3n) is 4.56. The molecule has 1 aliphatic rings. The fourth-order valence-electron chi connectivity index (χ4n) is 2.99. The molecule has 0 saturated heterocycles. The van der Waals surface area contributed by atoms with Gasteiger partial charge in [0.05, 0.1) is 11.7 Å². The number of hydrogen-bond acceptors (Lipinski definition) is 2. The Morgan fingerprint density at radius 1 is 1.18 bits per heavy atom. The van der Waals surface area contributed by atoms with E-state index in [1.54, 1.807) is 6.92 Å². The van der Waals surface area contributed by atoms with Gasteiger partial charge in [-0.05, 0) is 58.3 Å². The smallest absolute Gasteiger partial charge is 0.0827 e. The third kappa shape index (κ3) is 7.42. The molecule has 0 aliphatic heterocycles. The SMILES string of the molecule is CC1=C[C@H](O)C[C@@](C)(O)C=C[C@H](C(C)C)CCC(C)=CCC1. The van der Waals surface area contributed by atoms with Crippen LogP contribution in [0.4, 0.5) is 0 Å². The van der Waals surface area contributed by atoms with Crippen LogP contribution >= 0.6 is 0 Å². The normalized spacial score (nSPS) is 32.4. The second kappa shape index (κ2) is 8.69. The van der Waals surface area contributed by atoms with Crippen molar-refractivity contribution in [1.29, 1.82) is 0 Å². The van der Waals surface area contributed by atoms with Gasteiger partial charge in [-0.1, -0.05) is 49.3 Å². The molecule has 0 aromatic rings. The van der Waals surface area contributed by atoms with Gasteiger partial charge in [0.2, 0.25) is 0 Å². The summed E-state index contributed by atoms with van der Waals surface area (Å²) >= 11 is 0. The summed E-state index contributed by atoms with van der Waals surface area (Å²) in [6, 6.07) is 0. The van der Waals surface area contributed by atoms with Gasteiger partial charge in [0.25, 0.3) is 0 Å². The van der Waals surface area contributed by atoms with E-state index in [1.165, 1.54) is 11.1 Å². The Labute approximate surface area is 136 Å². The fourth-order valence-corrected chi connectivity index (χ4v) is 2.99. The maximum absolute atomic E-state index is 10.5. The Hall–Kier alpha value is -0.860. The van der Waals surface area contributed by atoms with Crippen molar-refractivity contribution in [2.45, 2.75) is 78.4 Å². The summed E-state index contributed by atoms with van der Waals surface area (Å²) in [5.74, 6) is 1.02. The molecule has 126 valence electrons. The molecule has 0 unspecified atom stereocenters. The van der Waals surface area contributed by atoms with E-state index in [2.05, 4.69) is 39.8 Å². The molecule has 2 N–H and O–H groups in total. The molecule has 0 aromatic carbocycles. The van der Waals surface area contributed by atoms with Gasteiger partial charge in [0, 0.05) is 6.42 Å². The maximum Gasteiger partial charge on any atom is 0.0827 e. The van der Waals surface area contributed by atoms with Crippen LogP contribution in [0.2, 0.25) is 0 Å². The lowest BCUT2D eigenvalue weighted by molar-refractivity contribution is 0.0565. The highest BCUT2D eigenvalue weighted by Gasteiger charge is 2.21. The van der Waals surface area contributed by atoms with Crippen LogP contribution in [0.25, 0.3) is 0 Å². The van der Waals surface area contributed by atoms with Crippen molar-refractivity contribution in [3.63, 3.8) is 0 Å². The van der Waals surface area contributed by atoms with Gasteiger partial charge >= 0.3 is 0 Å². The van der Waals surface area contributed by atoms with E-state index in [1.807, 2.05) is 12.2 Å². The van der Waals surface area contributed by atoms with Crippen LogP contribution < -0.4 is 0 Å². The van der Waals surface area contributed by atoms with Gasteiger partial charge in [-0.25, -0.2) is 0 Å². The minimum atomic E-state index is -0.960. The third-order valence-corrected chi connectivity index (χ3v) is 4.56. The molecular formula is C20H34O2. The van der Waals surface area contributed by atoms with Gasteiger partial charge in [-0.15, -0.1) is 0 Å². The Kier molecular flexibility index (Phi) is 7.58. The van der Waals surface area contributed by atoms with Crippen LogP contribution in [0.5, 0.6) is 0 Å². The molecule has 0 amide bonds. The molecule has 0 aromatic heterocycles. The van der Waals surface area contributed by atoms with E-state index in [4.69, 9.17) is 0 Å². The quantitative estimate of drug-likeness (QED) is 0.684. The molecule has 0 saturated carbocycles. The van der Waals surface area contributed by atoms with Crippen LogP contribution in [0.3, 0.4) is 0 Å². The van der Waals surface area contributed by atoms with Crippen LogP contribution in [0.1, 0.15) is 66.7 Å². The molecule has 0 bridgehead atoms. The summed E-state index contributed by atoms with van der Waals surface area (Å²) in [7, 11) is 0. The van der Waals surface area contributed by atoms with E-state index in [-0.39, 0.29) is 0 Å². The minimum Gasteiger partial charge on any atom is -0.389 e. The standard InChI is InChI=1S/C20H34O2/c1-15(2)18-10-9-16(3)7-6-8-17(4)13-19(21)14-20(5,22)12-11-18/h7,11-13,15,18-19,21-22H,6,8-10,14H2,1-5H3/t18-,19+,20+/m1/s1. The van der Waals surface area contributed by atoms with Crippen LogP contribution in [-0.4, -0.2) is 21.9 Å². The maximum atomic E-state index is 10.5. The molecule has 1 rings (SSSR count). The van der Waals surface area contributed by atoms with Crippen molar-refractivity contribution in [1.82, 2.24) is 0 Å². The highest BCUT2D eigenvalue weighted by molar-refractivity contribution is 5.10. The fraction of sp³-hybridized carbons (Fsp3) is 0.700. The minimum absolute atomic E-state index is 0.348. The summed E-state index contributed by atoms with van der Waals surface area (Å²) in [6.07, 6.45) is 12.2. The van der Waals surface area contributed by atoms with Crippen molar-refractivity contribution in [3.05, 3.63) is 35.5 Å². The first-order chi connectivity index (χ1) is 10.2. The van der Waals surface area contributed by atoms with Gasteiger partial charge in [-0.3, -0.25) is 0 Å². The second-order valence-electron chi connectivity index (χ2n) is 7.54. The lowest BCUT2D eigenvalue weighted by atomic mass is 9.86. The Morgan fingerprint density at radius 3 is 2.50 bits per heavy atom. The Bertz CT molecular complexity index is 427. The zero-order valence-electron chi connectivity index (χ0n) is 15.0. The lowest BCUT2D eigenvalue weighted by Crippen LogP contribution is -2.27. The number of rotatable bonds is 1. The van der Waals surface area contributed by atoms with Crippen LogP contribution in [-0.2, 0) is 0 Å². The average Bonchev–Trinajstić information content (AvgIpc) is 2.36. The first-order valence-corrected chi connectivity index (χ1v) is 8.62. The first kappa shape index (κ1) is 19.2. The number of hydrogen-bond donors (Lipinski definition) is 2. The lowest BCUT2D eigenvalue weighted by Gasteiger charge is -2.24. The molecule has 0 radical (unpaired) electrons. The van der Waals surface area contributed by atoms with E-state index < -0.39 is 11.7 Å². The summed E-state index contributed by atoms with van der Waals surface area (Å²) in [6.45, 7) is 10.5. The van der Waals surface area contributed by atoms with Gasteiger partial charge in [0.15, 0.2) is 0 Å².